The molecule has 1 aromatic heterocycles. The first-order chi connectivity index (χ1) is 11.6. The number of aryl methyl sites for hydroxylation is 2. The Labute approximate surface area is 148 Å². The lowest BCUT2D eigenvalue weighted by molar-refractivity contribution is 0.625. The third kappa shape index (κ3) is 3.77. The van der Waals surface area contributed by atoms with Crippen molar-refractivity contribution in [3.05, 3.63) is 81.1 Å². The van der Waals surface area contributed by atoms with Crippen LogP contribution in [0.4, 0.5) is 4.39 Å². The zero-order valence-corrected chi connectivity index (χ0v) is 14.2. The Morgan fingerprint density at radius 2 is 1.96 bits per heavy atom. The fourth-order valence-corrected chi connectivity index (χ4v) is 2.67. The molecule has 0 radical (unpaired) electrons. The molecule has 0 fully saturated rings. The van der Waals surface area contributed by atoms with E-state index in [1.165, 1.54) is 22.5 Å². The third-order valence-corrected chi connectivity index (χ3v) is 4.09. The number of nitrogens with one attached hydrogen (secondary N) is 1. The second-order valence-corrected chi connectivity index (χ2v) is 5.92. The fraction of sp³-hybridized carbons (Fsp3) is 0.118. The lowest BCUT2D eigenvalue weighted by Gasteiger charge is -2.03. The second kappa shape index (κ2) is 7.51. The van der Waals surface area contributed by atoms with E-state index in [0.29, 0.717) is 22.0 Å². The van der Waals surface area contributed by atoms with E-state index in [1.54, 1.807) is 12.1 Å². The Morgan fingerprint density at radius 3 is 2.71 bits per heavy atom. The van der Waals surface area contributed by atoms with E-state index in [0.717, 1.165) is 6.42 Å². The number of rotatable bonds is 5. The highest BCUT2D eigenvalue weighted by atomic mass is 35.5. The highest BCUT2D eigenvalue weighted by Crippen LogP contribution is 2.17. The molecule has 3 aromatic rings. The van der Waals surface area contributed by atoms with Crippen LogP contribution in [0.1, 0.15) is 17.0 Å². The Kier molecular flexibility index (Phi) is 5.17. The van der Waals surface area contributed by atoms with Crippen molar-refractivity contribution in [1.82, 2.24) is 14.9 Å². The fourth-order valence-electron chi connectivity index (χ4n) is 2.26. The molecule has 1 N–H and O–H groups in total. The molecule has 0 amide bonds. The number of benzene rings is 2. The molecule has 2 aromatic carbocycles. The van der Waals surface area contributed by atoms with Gasteiger partial charge in [-0.25, -0.2) is 4.39 Å². The minimum absolute atomic E-state index is 0.219. The summed E-state index contributed by atoms with van der Waals surface area (Å²) in [6, 6.07) is 14.5. The maximum Gasteiger partial charge on any atom is 0.216 e. The third-order valence-electron chi connectivity index (χ3n) is 3.50. The lowest BCUT2D eigenvalue weighted by Crippen LogP contribution is -2.02. The van der Waals surface area contributed by atoms with Gasteiger partial charge in [-0.05, 0) is 36.3 Å². The predicted molar refractivity (Wildman–Crippen MR) is 95.7 cm³/mol. The Morgan fingerprint density at radius 1 is 1.17 bits per heavy atom. The van der Waals surface area contributed by atoms with Crippen molar-refractivity contribution < 1.29 is 4.39 Å². The summed E-state index contributed by atoms with van der Waals surface area (Å²) in [4.78, 5) is 0. The Hall–Kier alpha value is -2.31. The normalized spacial score (nSPS) is 11.2. The highest BCUT2D eigenvalue weighted by Gasteiger charge is 2.07. The van der Waals surface area contributed by atoms with Crippen molar-refractivity contribution in [3.8, 4) is 0 Å². The molecule has 0 aliphatic rings. The predicted octanol–water partition coefficient (Wildman–Crippen LogP) is 4.40. The van der Waals surface area contributed by atoms with Gasteiger partial charge in [0.25, 0.3) is 0 Å². The van der Waals surface area contributed by atoms with Gasteiger partial charge < -0.3 is 0 Å². The van der Waals surface area contributed by atoms with Crippen LogP contribution in [0, 0.1) is 10.6 Å². The van der Waals surface area contributed by atoms with Crippen LogP contribution >= 0.6 is 23.8 Å². The number of halogens is 2. The zero-order valence-electron chi connectivity index (χ0n) is 12.6. The first kappa shape index (κ1) is 16.5. The van der Waals surface area contributed by atoms with Gasteiger partial charge in [-0.3, -0.25) is 5.10 Å². The summed E-state index contributed by atoms with van der Waals surface area (Å²) in [5.41, 5.74) is 1.41. The van der Waals surface area contributed by atoms with E-state index < -0.39 is 5.82 Å². The summed E-state index contributed by atoms with van der Waals surface area (Å²) in [5.74, 6) is 0.236. The largest absolute Gasteiger partial charge is 0.250 e. The first-order valence-electron chi connectivity index (χ1n) is 7.34. The summed E-state index contributed by atoms with van der Waals surface area (Å²) in [7, 11) is 0. The zero-order chi connectivity index (χ0) is 16.9. The van der Waals surface area contributed by atoms with Gasteiger partial charge in [-0.2, -0.15) is 14.9 Å². The smallest absolute Gasteiger partial charge is 0.216 e. The number of hydrogen-bond acceptors (Lipinski definition) is 3. The lowest BCUT2D eigenvalue weighted by atomic mass is 10.1. The molecule has 24 heavy (non-hydrogen) atoms. The number of hydrogen-bond donors (Lipinski definition) is 1. The molecule has 0 bridgehead atoms. The van der Waals surface area contributed by atoms with Crippen LogP contribution in [0.2, 0.25) is 5.02 Å². The van der Waals surface area contributed by atoms with Crippen LogP contribution in [0.3, 0.4) is 0 Å². The molecule has 4 nitrogen and oxygen atoms in total. The number of nitrogens with zero attached hydrogens (tertiary/aromatic N) is 3. The van der Waals surface area contributed by atoms with Gasteiger partial charge in [0, 0.05) is 12.0 Å². The molecular weight excluding hydrogens is 347 g/mol. The first-order valence-corrected chi connectivity index (χ1v) is 8.12. The number of aromatic amines is 1. The maximum atomic E-state index is 13.8. The van der Waals surface area contributed by atoms with Crippen molar-refractivity contribution in [1.29, 1.82) is 0 Å². The van der Waals surface area contributed by atoms with Gasteiger partial charge in [0.1, 0.15) is 5.82 Å². The van der Waals surface area contributed by atoms with Crippen LogP contribution in [0.25, 0.3) is 0 Å². The molecule has 0 aliphatic heterocycles. The summed E-state index contributed by atoms with van der Waals surface area (Å²) in [5, 5.41) is 11.4. The minimum Gasteiger partial charge on any atom is -0.250 e. The highest BCUT2D eigenvalue weighted by molar-refractivity contribution is 7.71. The van der Waals surface area contributed by atoms with Gasteiger partial charge in [0.2, 0.25) is 4.77 Å². The summed E-state index contributed by atoms with van der Waals surface area (Å²) in [6.45, 7) is 0. The van der Waals surface area contributed by atoms with Crippen molar-refractivity contribution in [2.24, 2.45) is 5.10 Å². The van der Waals surface area contributed by atoms with E-state index in [4.69, 9.17) is 23.8 Å². The Balaban J connectivity index is 1.83. The average Bonchev–Trinajstić information content (AvgIpc) is 2.94. The van der Waals surface area contributed by atoms with E-state index in [1.807, 2.05) is 30.3 Å². The van der Waals surface area contributed by atoms with E-state index in [2.05, 4.69) is 15.3 Å². The van der Waals surface area contributed by atoms with Crippen molar-refractivity contribution in [3.63, 3.8) is 0 Å². The van der Waals surface area contributed by atoms with Crippen molar-refractivity contribution in [2.45, 2.75) is 12.8 Å². The monoisotopic (exact) mass is 360 g/mol. The quantitative estimate of drug-likeness (QED) is 0.541. The molecule has 1 heterocycles. The maximum absolute atomic E-state index is 13.8. The standard InChI is InChI=1S/C17H14ClFN4S/c18-14-7-4-8-15(19)13(14)11-20-23-16(21-22-17(23)24)10-9-12-5-2-1-3-6-12/h1-8,11H,9-10H2,(H,22,24)/b20-11-. The van der Waals surface area contributed by atoms with Gasteiger partial charge in [0.15, 0.2) is 5.82 Å². The van der Waals surface area contributed by atoms with Crippen LogP contribution < -0.4 is 0 Å². The molecule has 122 valence electrons. The van der Waals surface area contributed by atoms with Crippen LogP contribution in [-0.4, -0.2) is 21.1 Å². The summed E-state index contributed by atoms with van der Waals surface area (Å²) < 4.78 is 15.7. The van der Waals surface area contributed by atoms with Gasteiger partial charge in [-0.15, -0.1) is 0 Å². The van der Waals surface area contributed by atoms with Crippen molar-refractivity contribution in [2.75, 3.05) is 0 Å². The number of H-pyrrole nitrogens is 1. The second-order valence-electron chi connectivity index (χ2n) is 5.12. The van der Waals surface area contributed by atoms with Gasteiger partial charge >= 0.3 is 0 Å². The molecule has 0 spiro atoms. The van der Waals surface area contributed by atoms with Crippen LogP contribution in [-0.2, 0) is 12.8 Å². The molecule has 0 atom stereocenters. The number of aromatic nitrogens is 3. The molecule has 0 saturated carbocycles. The topological polar surface area (TPSA) is 46.0 Å². The van der Waals surface area contributed by atoms with E-state index >= 15 is 0 Å². The summed E-state index contributed by atoms with van der Waals surface area (Å²) >= 11 is 11.2. The average molecular weight is 361 g/mol. The molecule has 7 heteroatoms. The van der Waals surface area contributed by atoms with Gasteiger partial charge in [-0.1, -0.05) is 48.0 Å². The van der Waals surface area contributed by atoms with E-state index in [-0.39, 0.29) is 5.56 Å². The Bertz CT molecular complexity index is 898. The molecule has 0 unspecified atom stereocenters. The van der Waals surface area contributed by atoms with Crippen LogP contribution in [0.15, 0.2) is 53.6 Å². The summed E-state index contributed by atoms with van der Waals surface area (Å²) in [6.07, 6.45) is 2.81. The minimum atomic E-state index is -0.438. The van der Waals surface area contributed by atoms with E-state index in [9.17, 15) is 4.39 Å². The molecule has 0 saturated heterocycles. The van der Waals surface area contributed by atoms with Crippen molar-refractivity contribution >= 4 is 30.0 Å². The molecular formula is C17H14ClFN4S. The molecule has 0 aliphatic carbocycles. The van der Waals surface area contributed by atoms with Gasteiger partial charge in [0.05, 0.1) is 11.2 Å². The SMILES string of the molecule is Fc1cccc(Cl)c1/C=N\n1c(CCc2ccccc2)n[nH]c1=S. The van der Waals surface area contributed by atoms with Crippen LogP contribution in [0.5, 0.6) is 0 Å². The molecule has 3 rings (SSSR count).